The topological polar surface area (TPSA) is 56.4 Å². The summed E-state index contributed by atoms with van der Waals surface area (Å²) in [4.78, 5) is 14.3. The average Bonchev–Trinajstić information content (AvgIpc) is 2.92. The SMILES string of the molecule is Cc1ccc(C)c(NC(=O)CS[C@@H]2NN[C@@H]3C=CC=CN32)c1. The molecule has 0 aromatic heterocycles. The van der Waals surface area contributed by atoms with Crippen molar-refractivity contribution in [2.45, 2.75) is 25.5 Å². The second-order valence-corrected chi connectivity index (χ2v) is 6.51. The van der Waals surface area contributed by atoms with Gasteiger partial charge in [-0.1, -0.05) is 18.2 Å². The van der Waals surface area contributed by atoms with Crippen molar-refractivity contribution < 1.29 is 4.79 Å². The molecule has 6 heteroatoms. The van der Waals surface area contributed by atoms with Crippen molar-refractivity contribution >= 4 is 23.4 Å². The fourth-order valence-electron chi connectivity index (χ4n) is 2.43. The van der Waals surface area contributed by atoms with Crippen LogP contribution in [0.4, 0.5) is 5.69 Å². The minimum Gasteiger partial charge on any atom is -0.332 e. The van der Waals surface area contributed by atoms with Crippen LogP contribution in [0.15, 0.2) is 42.6 Å². The summed E-state index contributed by atoms with van der Waals surface area (Å²) in [5.74, 6) is 0.411. The third-order valence-electron chi connectivity index (χ3n) is 3.65. The molecule has 1 amide bonds. The standard InChI is InChI=1S/C16H20N4OS/c1-11-6-7-12(2)13(9-11)17-15(21)10-22-16-19-18-14-5-3-4-8-20(14)16/h3-9,14,16,18-19H,10H2,1-2H3,(H,17,21)/t14-,16+/m0/s1. The van der Waals surface area contributed by atoms with Crippen LogP contribution in [-0.4, -0.2) is 28.2 Å². The lowest BCUT2D eigenvalue weighted by molar-refractivity contribution is -0.113. The number of nitrogens with zero attached hydrogens (tertiary/aromatic N) is 1. The second-order valence-electron chi connectivity index (χ2n) is 5.44. The molecule has 2 heterocycles. The Morgan fingerprint density at radius 2 is 2.18 bits per heavy atom. The molecule has 0 aliphatic carbocycles. The van der Waals surface area contributed by atoms with Crippen LogP contribution in [-0.2, 0) is 4.79 Å². The van der Waals surface area contributed by atoms with Gasteiger partial charge in [0.1, 0.15) is 11.7 Å². The van der Waals surface area contributed by atoms with E-state index in [1.54, 1.807) is 11.8 Å². The summed E-state index contributed by atoms with van der Waals surface area (Å²) in [6, 6.07) is 6.07. The second kappa shape index (κ2) is 6.56. The van der Waals surface area contributed by atoms with Gasteiger partial charge in [-0.05, 0) is 43.2 Å². The first-order chi connectivity index (χ1) is 10.6. The fraction of sp³-hybridized carbons (Fsp3) is 0.312. The van der Waals surface area contributed by atoms with Crippen molar-refractivity contribution in [3.05, 3.63) is 53.8 Å². The highest BCUT2D eigenvalue weighted by atomic mass is 32.2. The molecule has 0 spiro atoms. The van der Waals surface area contributed by atoms with Crippen LogP contribution in [0.5, 0.6) is 0 Å². The van der Waals surface area contributed by atoms with Crippen molar-refractivity contribution in [1.82, 2.24) is 15.8 Å². The zero-order valence-corrected chi connectivity index (χ0v) is 13.5. The van der Waals surface area contributed by atoms with Gasteiger partial charge in [-0.2, -0.15) is 0 Å². The molecule has 1 aromatic rings. The van der Waals surface area contributed by atoms with Gasteiger partial charge >= 0.3 is 0 Å². The average molecular weight is 316 g/mol. The predicted octanol–water partition coefficient (Wildman–Crippen LogP) is 2.08. The predicted molar refractivity (Wildman–Crippen MR) is 91.0 cm³/mol. The van der Waals surface area contributed by atoms with Gasteiger partial charge in [-0.25, -0.2) is 10.9 Å². The molecule has 0 saturated carbocycles. The van der Waals surface area contributed by atoms with Crippen molar-refractivity contribution in [2.75, 3.05) is 11.1 Å². The van der Waals surface area contributed by atoms with Gasteiger partial charge in [0.2, 0.25) is 5.91 Å². The highest BCUT2D eigenvalue weighted by Gasteiger charge is 2.30. The number of benzene rings is 1. The van der Waals surface area contributed by atoms with Gasteiger partial charge < -0.3 is 10.2 Å². The molecule has 0 bridgehead atoms. The number of thioether (sulfide) groups is 1. The van der Waals surface area contributed by atoms with E-state index in [9.17, 15) is 4.79 Å². The first kappa shape index (κ1) is 15.1. The summed E-state index contributed by atoms with van der Waals surface area (Å²) in [6.45, 7) is 4.02. The monoisotopic (exact) mass is 316 g/mol. The van der Waals surface area contributed by atoms with Crippen LogP contribution in [0.1, 0.15) is 11.1 Å². The summed E-state index contributed by atoms with van der Waals surface area (Å²) in [5, 5.41) is 2.99. The first-order valence-corrected chi connectivity index (χ1v) is 8.30. The summed E-state index contributed by atoms with van der Waals surface area (Å²) >= 11 is 1.56. The Morgan fingerprint density at radius 1 is 1.32 bits per heavy atom. The molecule has 0 unspecified atom stereocenters. The quantitative estimate of drug-likeness (QED) is 0.794. The molecule has 3 rings (SSSR count). The summed E-state index contributed by atoms with van der Waals surface area (Å²) in [6.07, 6.45) is 8.26. The summed E-state index contributed by atoms with van der Waals surface area (Å²) < 4.78 is 0. The number of hydrogen-bond acceptors (Lipinski definition) is 5. The molecule has 0 radical (unpaired) electrons. The Balaban J connectivity index is 1.53. The lowest BCUT2D eigenvalue weighted by atomic mass is 10.1. The maximum absolute atomic E-state index is 12.2. The van der Waals surface area contributed by atoms with E-state index < -0.39 is 0 Å². The van der Waals surface area contributed by atoms with Crippen LogP contribution in [0.25, 0.3) is 0 Å². The number of amides is 1. The van der Waals surface area contributed by atoms with Crippen LogP contribution >= 0.6 is 11.8 Å². The van der Waals surface area contributed by atoms with Gasteiger partial charge in [0.05, 0.1) is 5.75 Å². The lowest BCUT2D eigenvalue weighted by Gasteiger charge is -2.25. The Hall–Kier alpha value is -1.76. The van der Waals surface area contributed by atoms with Crippen LogP contribution in [0.2, 0.25) is 0 Å². The lowest BCUT2D eigenvalue weighted by Crippen LogP contribution is -2.33. The maximum Gasteiger partial charge on any atom is 0.234 e. The number of hydrogen-bond donors (Lipinski definition) is 3. The van der Waals surface area contributed by atoms with E-state index in [2.05, 4.69) is 27.1 Å². The van der Waals surface area contributed by atoms with Gasteiger partial charge in [0, 0.05) is 11.9 Å². The number of carbonyl (C=O) groups excluding carboxylic acids is 1. The van der Waals surface area contributed by atoms with E-state index in [0.29, 0.717) is 5.75 Å². The van der Waals surface area contributed by atoms with Gasteiger partial charge in [-0.15, -0.1) is 11.8 Å². The summed E-state index contributed by atoms with van der Waals surface area (Å²) in [7, 11) is 0. The molecular formula is C16H20N4OS. The molecule has 116 valence electrons. The van der Waals surface area contributed by atoms with Crippen molar-refractivity contribution in [3.63, 3.8) is 0 Å². The first-order valence-electron chi connectivity index (χ1n) is 7.26. The Kier molecular flexibility index (Phi) is 4.52. The van der Waals surface area contributed by atoms with Crippen LogP contribution < -0.4 is 16.2 Å². The number of fused-ring (bicyclic) bond motifs is 1. The molecule has 1 saturated heterocycles. The number of rotatable bonds is 4. The smallest absolute Gasteiger partial charge is 0.234 e. The number of anilines is 1. The largest absolute Gasteiger partial charge is 0.332 e. The molecule has 1 aromatic carbocycles. The number of allylic oxidation sites excluding steroid dienone is 2. The van der Waals surface area contributed by atoms with Crippen LogP contribution in [0.3, 0.4) is 0 Å². The van der Waals surface area contributed by atoms with E-state index in [1.165, 1.54) is 0 Å². The molecular weight excluding hydrogens is 296 g/mol. The van der Waals surface area contributed by atoms with Crippen molar-refractivity contribution in [2.24, 2.45) is 0 Å². The maximum atomic E-state index is 12.2. The highest BCUT2D eigenvalue weighted by molar-refractivity contribution is 8.00. The molecule has 2 aliphatic heterocycles. The van der Waals surface area contributed by atoms with Gasteiger partial charge in [-0.3, -0.25) is 4.79 Å². The normalized spacial score (nSPS) is 22.7. The molecule has 2 aliphatic rings. The fourth-order valence-corrected chi connectivity index (χ4v) is 3.33. The zero-order valence-electron chi connectivity index (χ0n) is 12.7. The van der Waals surface area contributed by atoms with E-state index in [-0.39, 0.29) is 17.6 Å². The molecule has 3 N–H and O–H groups in total. The summed E-state index contributed by atoms with van der Waals surface area (Å²) in [5.41, 5.74) is 9.54. The minimum atomic E-state index is 0.0143. The third kappa shape index (κ3) is 3.35. The van der Waals surface area contributed by atoms with Crippen molar-refractivity contribution in [1.29, 1.82) is 0 Å². The van der Waals surface area contributed by atoms with Gasteiger partial charge in [0.15, 0.2) is 0 Å². The molecule has 2 atom stereocenters. The Morgan fingerprint density at radius 3 is 3.05 bits per heavy atom. The number of hydrazine groups is 1. The Labute approximate surface area is 134 Å². The number of nitrogens with one attached hydrogen (secondary N) is 3. The minimum absolute atomic E-state index is 0.0143. The molecule has 22 heavy (non-hydrogen) atoms. The van der Waals surface area contributed by atoms with E-state index in [0.717, 1.165) is 16.8 Å². The van der Waals surface area contributed by atoms with Crippen LogP contribution in [0, 0.1) is 13.8 Å². The number of aryl methyl sites for hydroxylation is 2. The number of carbonyl (C=O) groups is 1. The van der Waals surface area contributed by atoms with E-state index in [1.807, 2.05) is 50.4 Å². The molecule has 1 fully saturated rings. The van der Waals surface area contributed by atoms with Crippen molar-refractivity contribution in [3.8, 4) is 0 Å². The zero-order chi connectivity index (χ0) is 15.5. The van der Waals surface area contributed by atoms with E-state index in [4.69, 9.17) is 0 Å². The highest BCUT2D eigenvalue weighted by Crippen LogP contribution is 2.23. The van der Waals surface area contributed by atoms with Gasteiger partial charge in [0.25, 0.3) is 0 Å². The van der Waals surface area contributed by atoms with E-state index >= 15 is 0 Å². The third-order valence-corrected chi connectivity index (χ3v) is 4.75. The Bertz CT molecular complexity index is 629. The molecule has 5 nitrogen and oxygen atoms in total.